The van der Waals surface area contributed by atoms with Crippen molar-refractivity contribution in [3.05, 3.63) is 54.1 Å². The molecule has 0 spiro atoms. The lowest BCUT2D eigenvalue weighted by molar-refractivity contribution is -0.885. The summed E-state index contributed by atoms with van der Waals surface area (Å²) in [6.45, 7) is 5.09. The summed E-state index contributed by atoms with van der Waals surface area (Å²) in [4.78, 5) is 28.0. The lowest BCUT2D eigenvalue weighted by Crippen LogP contribution is -3.14. The van der Waals surface area contributed by atoms with Crippen LogP contribution in [0.4, 0.5) is 17.1 Å². The lowest BCUT2D eigenvalue weighted by atomic mass is 10.2. The van der Waals surface area contributed by atoms with E-state index in [1.165, 1.54) is 0 Å². The molecule has 1 unspecified atom stereocenters. The molecule has 0 aliphatic carbocycles. The Bertz CT molecular complexity index is 948. The molecule has 0 radical (unpaired) electrons. The summed E-state index contributed by atoms with van der Waals surface area (Å²) in [5.74, 6) is -0.377. The first-order valence-electron chi connectivity index (χ1n) is 10.3. The number of nitrogens with zero attached hydrogens (tertiary/aromatic N) is 2. The van der Waals surface area contributed by atoms with Crippen LogP contribution in [0.25, 0.3) is 0 Å². The van der Waals surface area contributed by atoms with Crippen LogP contribution in [-0.4, -0.2) is 57.8 Å². The molecule has 162 valence electrons. The van der Waals surface area contributed by atoms with Gasteiger partial charge in [0, 0.05) is 30.2 Å². The summed E-state index contributed by atoms with van der Waals surface area (Å²) in [6, 6.07) is 16.1. The van der Waals surface area contributed by atoms with E-state index < -0.39 is 6.04 Å². The molecule has 1 heterocycles. The molecule has 2 atom stereocenters. The second kappa shape index (κ2) is 10.6. The summed E-state index contributed by atoms with van der Waals surface area (Å²) < 4.78 is 5.37. The minimum absolute atomic E-state index is 0.151. The van der Waals surface area contributed by atoms with Gasteiger partial charge in [-0.25, -0.2) is 0 Å². The summed E-state index contributed by atoms with van der Waals surface area (Å²) in [5, 5.41) is 14.7. The largest absolute Gasteiger partial charge is 0.378 e. The zero-order valence-electron chi connectivity index (χ0n) is 17.9. The molecule has 3 N–H and O–H groups in total. The van der Waals surface area contributed by atoms with Gasteiger partial charge in [0.2, 0.25) is 0 Å². The molecule has 1 aliphatic rings. The van der Waals surface area contributed by atoms with Gasteiger partial charge in [0.1, 0.15) is 0 Å². The van der Waals surface area contributed by atoms with Gasteiger partial charge in [-0.3, -0.25) is 9.59 Å². The molecule has 0 aromatic heterocycles. The van der Waals surface area contributed by atoms with Crippen LogP contribution in [0.1, 0.15) is 12.5 Å². The third-order valence-electron chi connectivity index (χ3n) is 5.36. The van der Waals surface area contributed by atoms with Gasteiger partial charge in [0.05, 0.1) is 31.9 Å². The van der Waals surface area contributed by atoms with Crippen LogP contribution in [0.3, 0.4) is 0 Å². The molecular weight excluding hydrogens is 394 g/mol. The molecule has 1 fully saturated rings. The molecule has 8 nitrogen and oxygen atoms in total. The maximum absolute atomic E-state index is 12.5. The van der Waals surface area contributed by atoms with Crippen molar-refractivity contribution in [2.45, 2.75) is 13.0 Å². The van der Waals surface area contributed by atoms with Crippen molar-refractivity contribution in [3.8, 4) is 6.07 Å². The number of amides is 2. The van der Waals surface area contributed by atoms with E-state index in [2.05, 4.69) is 15.5 Å². The number of benzene rings is 2. The molecule has 8 heteroatoms. The monoisotopic (exact) mass is 422 g/mol. The Morgan fingerprint density at radius 2 is 1.84 bits per heavy atom. The van der Waals surface area contributed by atoms with Gasteiger partial charge in [0.25, 0.3) is 11.8 Å². The van der Waals surface area contributed by atoms with E-state index in [1.54, 1.807) is 38.2 Å². The molecule has 2 aromatic carbocycles. The number of hydrogen-bond donors (Lipinski definition) is 3. The van der Waals surface area contributed by atoms with Gasteiger partial charge in [-0.05, 0) is 49.4 Å². The van der Waals surface area contributed by atoms with E-state index in [4.69, 9.17) is 10.00 Å². The summed E-state index contributed by atoms with van der Waals surface area (Å²) in [5.41, 5.74) is 2.87. The predicted octanol–water partition coefficient (Wildman–Crippen LogP) is 0.875. The van der Waals surface area contributed by atoms with Gasteiger partial charge in [-0.15, -0.1) is 0 Å². The Morgan fingerprint density at radius 3 is 2.52 bits per heavy atom. The number of morpholine rings is 1. The Morgan fingerprint density at radius 1 is 1.13 bits per heavy atom. The number of nitrogens with one attached hydrogen (secondary N) is 3. The molecule has 0 bridgehead atoms. The van der Waals surface area contributed by atoms with Gasteiger partial charge < -0.3 is 25.2 Å². The molecule has 2 amide bonds. The number of carbonyl (C=O) groups is 2. The van der Waals surface area contributed by atoms with Crippen molar-refractivity contribution < 1.29 is 19.2 Å². The number of likely N-dealkylation sites (N-methyl/N-ethyl adjacent to an activating group) is 1. The first kappa shape index (κ1) is 22.3. The minimum Gasteiger partial charge on any atom is -0.378 e. The van der Waals surface area contributed by atoms with Gasteiger partial charge in [-0.1, -0.05) is 6.07 Å². The highest BCUT2D eigenvalue weighted by atomic mass is 16.5. The van der Waals surface area contributed by atoms with Crippen LogP contribution >= 0.6 is 0 Å². The highest BCUT2D eigenvalue weighted by molar-refractivity contribution is 5.94. The number of rotatable bonds is 7. The van der Waals surface area contributed by atoms with Crippen LogP contribution in [0.15, 0.2) is 48.5 Å². The van der Waals surface area contributed by atoms with Gasteiger partial charge >= 0.3 is 0 Å². The zero-order valence-corrected chi connectivity index (χ0v) is 17.9. The molecule has 2 aromatic rings. The van der Waals surface area contributed by atoms with Crippen molar-refractivity contribution in [1.82, 2.24) is 0 Å². The van der Waals surface area contributed by atoms with Crippen LogP contribution in [0.5, 0.6) is 0 Å². The van der Waals surface area contributed by atoms with Crippen molar-refractivity contribution in [1.29, 1.82) is 5.26 Å². The van der Waals surface area contributed by atoms with E-state index in [0.717, 1.165) is 42.6 Å². The smallest absolute Gasteiger partial charge is 0.282 e. The quantitative estimate of drug-likeness (QED) is 0.615. The molecule has 1 aliphatic heterocycles. The molecule has 3 rings (SSSR count). The number of anilines is 3. The number of carbonyl (C=O) groups excluding carboxylic acids is 2. The van der Waals surface area contributed by atoms with E-state index in [1.807, 2.05) is 30.3 Å². The third-order valence-corrected chi connectivity index (χ3v) is 5.36. The fourth-order valence-electron chi connectivity index (χ4n) is 3.33. The number of nitriles is 1. The lowest BCUT2D eigenvalue weighted by Gasteiger charge is -2.28. The second-order valence-corrected chi connectivity index (χ2v) is 7.62. The van der Waals surface area contributed by atoms with Crippen molar-refractivity contribution in [2.75, 3.05) is 55.4 Å². The number of ether oxygens (including phenoxy) is 1. The minimum atomic E-state index is -0.444. The Labute approximate surface area is 182 Å². The molecule has 0 saturated carbocycles. The highest BCUT2D eigenvalue weighted by Gasteiger charge is 2.24. The van der Waals surface area contributed by atoms with Crippen molar-refractivity contribution >= 4 is 28.9 Å². The summed E-state index contributed by atoms with van der Waals surface area (Å²) >= 11 is 0. The van der Waals surface area contributed by atoms with E-state index >= 15 is 0 Å². The topological polar surface area (TPSA) is 98.9 Å². The maximum atomic E-state index is 12.5. The Hall–Kier alpha value is -3.41. The predicted molar refractivity (Wildman–Crippen MR) is 119 cm³/mol. The van der Waals surface area contributed by atoms with Gasteiger partial charge in [-0.2, -0.15) is 5.26 Å². The van der Waals surface area contributed by atoms with Crippen molar-refractivity contribution in [2.24, 2.45) is 0 Å². The highest BCUT2D eigenvalue weighted by Crippen LogP contribution is 2.18. The van der Waals surface area contributed by atoms with E-state index in [-0.39, 0.29) is 18.4 Å². The fraction of sp³-hybridized carbons (Fsp3) is 0.348. The third kappa shape index (κ3) is 6.28. The average molecular weight is 423 g/mol. The number of quaternary nitrogens is 1. The molecule has 1 saturated heterocycles. The number of hydrogen-bond acceptors (Lipinski definition) is 5. The first-order valence-corrected chi connectivity index (χ1v) is 10.3. The SMILES string of the molecule is C[C@H](C(=O)Nc1cccc(C#N)c1)[NH+](C)CC(=O)Nc1ccc(N2CCOCC2)cc1. The van der Waals surface area contributed by atoms with Crippen LogP contribution < -0.4 is 20.4 Å². The summed E-state index contributed by atoms with van der Waals surface area (Å²) in [6.07, 6.45) is 0. The van der Waals surface area contributed by atoms with Gasteiger partial charge in [0.15, 0.2) is 12.6 Å². The Kier molecular flexibility index (Phi) is 7.60. The van der Waals surface area contributed by atoms with Crippen LogP contribution in [0, 0.1) is 11.3 Å². The standard InChI is InChI=1S/C23H27N5O3/c1-17(23(30)26-20-5-3-4-18(14-20)15-24)27(2)16-22(29)25-19-6-8-21(9-7-19)28-10-12-31-13-11-28/h3-9,14,17H,10-13,16H2,1-2H3,(H,25,29)(H,26,30)/p+1/t17-/m1/s1. The van der Waals surface area contributed by atoms with Crippen LogP contribution in [-0.2, 0) is 14.3 Å². The Balaban J connectivity index is 1.49. The van der Waals surface area contributed by atoms with E-state index in [9.17, 15) is 9.59 Å². The molecular formula is C23H28N5O3+. The average Bonchev–Trinajstić information content (AvgIpc) is 2.79. The van der Waals surface area contributed by atoms with Crippen LogP contribution in [0.2, 0.25) is 0 Å². The summed E-state index contributed by atoms with van der Waals surface area (Å²) in [7, 11) is 1.80. The van der Waals surface area contributed by atoms with Crippen molar-refractivity contribution in [3.63, 3.8) is 0 Å². The second-order valence-electron chi connectivity index (χ2n) is 7.62. The van der Waals surface area contributed by atoms with E-state index in [0.29, 0.717) is 11.3 Å². The fourth-order valence-corrected chi connectivity index (χ4v) is 3.33. The first-order chi connectivity index (χ1) is 15.0. The maximum Gasteiger partial charge on any atom is 0.282 e. The molecule has 31 heavy (non-hydrogen) atoms. The normalized spacial score (nSPS) is 15.5. The zero-order chi connectivity index (χ0) is 22.2.